The molecule has 1 atom stereocenters. The van der Waals surface area contributed by atoms with Crippen molar-refractivity contribution in [3.63, 3.8) is 0 Å². The summed E-state index contributed by atoms with van der Waals surface area (Å²) in [7, 11) is 0. The minimum absolute atomic E-state index is 0.152. The Bertz CT molecular complexity index is 897. The van der Waals surface area contributed by atoms with Crippen molar-refractivity contribution >= 4 is 35.1 Å². The second-order valence-corrected chi connectivity index (χ2v) is 6.79. The predicted octanol–water partition coefficient (Wildman–Crippen LogP) is 3.98. The zero-order valence-electron chi connectivity index (χ0n) is 12.5. The maximum Gasteiger partial charge on any atom is 0.258 e. The first kappa shape index (κ1) is 15.2. The van der Waals surface area contributed by atoms with Crippen molar-refractivity contribution in [1.29, 1.82) is 0 Å². The first-order valence-electron chi connectivity index (χ1n) is 7.37. The van der Waals surface area contributed by atoms with Crippen LogP contribution in [0.3, 0.4) is 0 Å². The molecule has 0 fully saturated rings. The van der Waals surface area contributed by atoms with Crippen LogP contribution in [0.1, 0.15) is 27.0 Å². The highest BCUT2D eigenvalue weighted by Crippen LogP contribution is 2.41. The molecule has 3 aromatic heterocycles. The number of nitrogens with zero attached hydrogens (tertiary/aromatic N) is 3. The molecule has 1 amide bonds. The number of hydrogen-bond acceptors (Lipinski definition) is 4. The lowest BCUT2D eigenvalue weighted by molar-refractivity contribution is 0.102. The quantitative estimate of drug-likeness (QED) is 0.721. The Morgan fingerprint density at radius 3 is 3.00 bits per heavy atom. The molecule has 5 nitrogen and oxygen atoms in total. The third-order valence-corrected chi connectivity index (χ3v) is 5.29. The number of fused-ring (bicyclic) bond motifs is 1. The Hall–Kier alpha value is -2.31. The predicted molar refractivity (Wildman–Crippen MR) is 95.3 cm³/mol. The summed E-state index contributed by atoms with van der Waals surface area (Å²) in [5.74, 6) is 1.05. The Morgan fingerprint density at radius 2 is 2.21 bits per heavy atom. The van der Waals surface area contributed by atoms with Gasteiger partial charge in [0.05, 0.1) is 5.56 Å². The van der Waals surface area contributed by atoms with Crippen LogP contribution in [0.2, 0.25) is 5.15 Å². The molecule has 1 aliphatic rings. The van der Waals surface area contributed by atoms with E-state index in [-0.39, 0.29) is 11.3 Å². The van der Waals surface area contributed by atoms with Crippen LogP contribution < -0.4 is 5.32 Å². The molecule has 0 aliphatic carbocycles. The van der Waals surface area contributed by atoms with E-state index in [1.54, 1.807) is 36.2 Å². The zero-order chi connectivity index (χ0) is 16.5. The lowest BCUT2D eigenvalue weighted by atomic mass is 10.2. The van der Waals surface area contributed by atoms with Gasteiger partial charge in [0.1, 0.15) is 16.3 Å². The molecule has 1 N–H and O–H groups in total. The summed E-state index contributed by atoms with van der Waals surface area (Å²) in [6, 6.07) is 11.0. The van der Waals surface area contributed by atoms with Gasteiger partial charge in [-0.3, -0.25) is 9.78 Å². The maximum atomic E-state index is 12.6. The van der Waals surface area contributed by atoms with Crippen molar-refractivity contribution in [3.05, 3.63) is 77.0 Å². The number of carbonyl (C=O) groups is 1. The van der Waals surface area contributed by atoms with Gasteiger partial charge in [0, 0.05) is 35.6 Å². The molecule has 4 heterocycles. The van der Waals surface area contributed by atoms with Crippen LogP contribution in [-0.2, 0) is 5.75 Å². The molecule has 120 valence electrons. The van der Waals surface area contributed by atoms with Crippen LogP contribution in [0.25, 0.3) is 0 Å². The van der Waals surface area contributed by atoms with Gasteiger partial charge in [-0.1, -0.05) is 23.7 Å². The molecule has 0 spiro atoms. The molecule has 0 aromatic carbocycles. The number of thioether (sulfide) groups is 1. The van der Waals surface area contributed by atoms with Crippen molar-refractivity contribution in [2.24, 2.45) is 0 Å². The number of aromatic nitrogens is 3. The van der Waals surface area contributed by atoms with Crippen LogP contribution in [0, 0.1) is 0 Å². The van der Waals surface area contributed by atoms with Crippen LogP contribution in [-0.4, -0.2) is 20.4 Å². The van der Waals surface area contributed by atoms with E-state index in [4.69, 9.17) is 11.6 Å². The number of pyridine rings is 2. The number of nitrogens with one attached hydrogen (secondary N) is 1. The van der Waals surface area contributed by atoms with Gasteiger partial charge < -0.3 is 9.88 Å². The van der Waals surface area contributed by atoms with Crippen molar-refractivity contribution < 1.29 is 4.79 Å². The van der Waals surface area contributed by atoms with Crippen molar-refractivity contribution in [2.45, 2.75) is 11.1 Å². The van der Waals surface area contributed by atoms with Gasteiger partial charge in [-0.25, -0.2) is 4.98 Å². The maximum absolute atomic E-state index is 12.6. The van der Waals surface area contributed by atoms with E-state index < -0.39 is 0 Å². The van der Waals surface area contributed by atoms with Crippen molar-refractivity contribution in [1.82, 2.24) is 14.5 Å². The van der Waals surface area contributed by atoms with Gasteiger partial charge in [0.15, 0.2) is 0 Å². The molecular weight excluding hydrogens is 344 g/mol. The normalized spacial score (nSPS) is 16.0. The first-order valence-corrected chi connectivity index (χ1v) is 8.80. The number of rotatable bonds is 3. The fourth-order valence-corrected chi connectivity index (χ4v) is 4.21. The highest BCUT2D eigenvalue weighted by Gasteiger charge is 2.28. The monoisotopic (exact) mass is 356 g/mol. The average Bonchev–Trinajstić information content (AvgIpc) is 3.17. The third kappa shape index (κ3) is 2.79. The number of amides is 1. The summed E-state index contributed by atoms with van der Waals surface area (Å²) in [5, 5.41) is 3.30. The van der Waals surface area contributed by atoms with Gasteiger partial charge in [0.2, 0.25) is 0 Å². The van der Waals surface area contributed by atoms with Gasteiger partial charge >= 0.3 is 0 Å². The van der Waals surface area contributed by atoms with Crippen LogP contribution in [0.4, 0.5) is 5.82 Å². The second-order valence-electron chi connectivity index (χ2n) is 5.33. The topological polar surface area (TPSA) is 59.8 Å². The minimum atomic E-state index is -0.175. The number of anilines is 1. The Labute approximate surface area is 148 Å². The van der Waals surface area contributed by atoms with Crippen LogP contribution >= 0.6 is 23.4 Å². The summed E-state index contributed by atoms with van der Waals surface area (Å²) >= 11 is 7.64. The molecule has 24 heavy (non-hydrogen) atoms. The molecule has 0 radical (unpaired) electrons. The van der Waals surface area contributed by atoms with E-state index in [0.717, 1.165) is 17.0 Å². The molecule has 0 saturated heterocycles. The largest absolute Gasteiger partial charge is 0.333 e. The molecule has 0 bridgehead atoms. The molecule has 1 unspecified atom stereocenters. The smallest absolute Gasteiger partial charge is 0.258 e. The standard InChI is InChI=1S/C17H13ClN4OS/c18-14-4-1-5-15(20-14)21-16(23)12-6-8-22-13(12)10-24-17(22)11-3-2-7-19-9-11/h1-9,17H,10H2,(H,20,21,23). The average molecular weight is 357 g/mol. The summed E-state index contributed by atoms with van der Waals surface area (Å²) in [6.45, 7) is 0. The fraction of sp³-hybridized carbons (Fsp3) is 0.118. The fourth-order valence-electron chi connectivity index (χ4n) is 2.74. The highest BCUT2D eigenvalue weighted by molar-refractivity contribution is 7.99. The Kier molecular flexibility index (Phi) is 4.00. The van der Waals surface area contributed by atoms with E-state index in [0.29, 0.717) is 16.5 Å². The summed E-state index contributed by atoms with van der Waals surface area (Å²) in [4.78, 5) is 20.8. The Morgan fingerprint density at radius 1 is 1.29 bits per heavy atom. The van der Waals surface area contributed by atoms with Crippen molar-refractivity contribution in [2.75, 3.05) is 5.32 Å². The zero-order valence-corrected chi connectivity index (χ0v) is 14.1. The number of halogens is 1. The molecule has 3 aromatic rings. The molecule has 4 rings (SSSR count). The SMILES string of the molecule is O=C(Nc1cccc(Cl)n1)c1ccn2c1CSC2c1cccnc1. The van der Waals surface area contributed by atoms with Gasteiger partial charge in [-0.15, -0.1) is 11.8 Å². The lowest BCUT2D eigenvalue weighted by Gasteiger charge is -2.12. The second kappa shape index (κ2) is 6.30. The van der Waals surface area contributed by atoms with Gasteiger partial charge in [0.25, 0.3) is 5.91 Å². The summed E-state index contributed by atoms with van der Waals surface area (Å²) < 4.78 is 2.13. The minimum Gasteiger partial charge on any atom is -0.333 e. The summed E-state index contributed by atoms with van der Waals surface area (Å²) in [6.07, 6.45) is 5.58. The lowest BCUT2D eigenvalue weighted by Crippen LogP contribution is -2.14. The number of hydrogen-bond donors (Lipinski definition) is 1. The Balaban J connectivity index is 1.59. The first-order chi connectivity index (χ1) is 11.7. The summed E-state index contributed by atoms with van der Waals surface area (Å²) in [5.41, 5.74) is 2.80. The third-order valence-electron chi connectivity index (χ3n) is 3.83. The molecule has 7 heteroatoms. The van der Waals surface area contributed by atoms with E-state index in [9.17, 15) is 4.79 Å². The van der Waals surface area contributed by atoms with Gasteiger partial charge in [-0.2, -0.15) is 0 Å². The van der Waals surface area contributed by atoms with E-state index in [1.807, 2.05) is 24.5 Å². The van der Waals surface area contributed by atoms with Crippen LogP contribution in [0.15, 0.2) is 55.0 Å². The molecule has 1 aliphatic heterocycles. The van der Waals surface area contributed by atoms with E-state index in [2.05, 4.69) is 25.9 Å². The molecule has 0 saturated carbocycles. The highest BCUT2D eigenvalue weighted by atomic mass is 35.5. The van der Waals surface area contributed by atoms with E-state index >= 15 is 0 Å². The van der Waals surface area contributed by atoms with E-state index in [1.165, 1.54) is 0 Å². The van der Waals surface area contributed by atoms with Gasteiger partial charge in [-0.05, 0) is 24.3 Å². The van der Waals surface area contributed by atoms with Crippen LogP contribution in [0.5, 0.6) is 0 Å². The molecular formula is C17H13ClN4OS. The van der Waals surface area contributed by atoms with Crippen molar-refractivity contribution in [3.8, 4) is 0 Å². The number of carbonyl (C=O) groups excluding carboxylic acids is 1.